The van der Waals surface area contributed by atoms with Gasteiger partial charge in [-0.2, -0.15) is 4.31 Å². The van der Waals surface area contributed by atoms with E-state index in [9.17, 15) is 21.6 Å². The van der Waals surface area contributed by atoms with Crippen molar-refractivity contribution in [2.45, 2.75) is 37.0 Å². The van der Waals surface area contributed by atoms with E-state index in [1.807, 2.05) is 0 Å². The Morgan fingerprint density at radius 3 is 2.50 bits per heavy atom. The lowest BCUT2D eigenvalue weighted by Gasteiger charge is -2.34. The molecule has 0 aromatic rings. The Morgan fingerprint density at radius 2 is 1.95 bits per heavy atom. The number of esters is 1. The van der Waals surface area contributed by atoms with Gasteiger partial charge in [-0.05, 0) is 25.7 Å². The first kappa shape index (κ1) is 15.7. The van der Waals surface area contributed by atoms with E-state index in [1.54, 1.807) is 0 Å². The zero-order valence-corrected chi connectivity index (χ0v) is 13.0. The van der Waals surface area contributed by atoms with Crippen molar-refractivity contribution in [3.05, 3.63) is 0 Å². The third kappa shape index (κ3) is 2.99. The molecule has 0 N–H and O–H groups in total. The molecule has 0 aromatic heterocycles. The lowest BCUT2D eigenvalue weighted by atomic mass is 10.1. The van der Waals surface area contributed by atoms with Gasteiger partial charge in [0.2, 0.25) is 10.0 Å². The molecule has 0 aliphatic carbocycles. The number of carbonyl (C=O) groups excluding carboxylic acids is 1. The van der Waals surface area contributed by atoms with Crippen LogP contribution in [0.1, 0.15) is 25.7 Å². The standard InChI is InChI=1S/C11H19NO6S2/c1-18-11(13)10-4-2-3-6-12(10)20(16,17)9-5-7-19(14,15)8-9/h9-10H,2-8H2,1H3. The maximum atomic E-state index is 12.6. The molecule has 2 heterocycles. The molecular formula is C11H19NO6S2. The molecule has 7 nitrogen and oxygen atoms in total. The van der Waals surface area contributed by atoms with Gasteiger partial charge < -0.3 is 4.74 Å². The summed E-state index contributed by atoms with van der Waals surface area (Å²) in [5.41, 5.74) is 0. The van der Waals surface area contributed by atoms with Gasteiger partial charge in [0.15, 0.2) is 9.84 Å². The fourth-order valence-corrected chi connectivity index (χ4v) is 7.50. The van der Waals surface area contributed by atoms with Gasteiger partial charge in [-0.25, -0.2) is 16.8 Å². The van der Waals surface area contributed by atoms with Gasteiger partial charge >= 0.3 is 5.97 Å². The van der Waals surface area contributed by atoms with Crippen LogP contribution in [0.4, 0.5) is 0 Å². The Labute approximate surface area is 119 Å². The van der Waals surface area contributed by atoms with Gasteiger partial charge in [-0.1, -0.05) is 0 Å². The number of sulfone groups is 1. The molecule has 0 saturated carbocycles. The maximum Gasteiger partial charge on any atom is 0.324 e. The van der Waals surface area contributed by atoms with Gasteiger partial charge in [0, 0.05) is 6.54 Å². The number of hydrogen-bond acceptors (Lipinski definition) is 6. The van der Waals surface area contributed by atoms with Crippen molar-refractivity contribution in [1.29, 1.82) is 0 Å². The van der Waals surface area contributed by atoms with E-state index in [4.69, 9.17) is 0 Å². The zero-order chi connectivity index (χ0) is 15.0. The lowest BCUT2D eigenvalue weighted by Crippen LogP contribution is -2.51. The van der Waals surface area contributed by atoms with Crippen LogP contribution in [0, 0.1) is 0 Å². The molecule has 2 aliphatic heterocycles. The summed E-state index contributed by atoms with van der Waals surface area (Å²) in [6.07, 6.45) is 1.96. The average molecular weight is 325 g/mol. The van der Waals surface area contributed by atoms with Crippen molar-refractivity contribution in [1.82, 2.24) is 4.31 Å². The van der Waals surface area contributed by atoms with E-state index in [0.717, 1.165) is 10.7 Å². The first-order chi connectivity index (χ1) is 9.28. The maximum absolute atomic E-state index is 12.6. The summed E-state index contributed by atoms with van der Waals surface area (Å²) >= 11 is 0. The van der Waals surface area contributed by atoms with Crippen LogP contribution >= 0.6 is 0 Å². The SMILES string of the molecule is COC(=O)C1CCCCN1S(=O)(=O)C1CCS(=O)(=O)C1. The molecule has 2 unspecified atom stereocenters. The Bertz CT molecular complexity index is 582. The number of hydrogen-bond donors (Lipinski definition) is 0. The predicted molar refractivity (Wildman–Crippen MR) is 72.3 cm³/mol. The van der Waals surface area contributed by atoms with Crippen LogP contribution < -0.4 is 0 Å². The lowest BCUT2D eigenvalue weighted by molar-refractivity contribution is -0.146. The quantitative estimate of drug-likeness (QED) is 0.651. The highest BCUT2D eigenvalue weighted by Crippen LogP contribution is 2.28. The van der Waals surface area contributed by atoms with Crippen molar-refractivity contribution >= 4 is 25.8 Å². The number of carbonyl (C=O) groups is 1. The largest absolute Gasteiger partial charge is 0.468 e. The van der Waals surface area contributed by atoms with Gasteiger partial charge in [0.05, 0.1) is 23.9 Å². The van der Waals surface area contributed by atoms with Crippen molar-refractivity contribution in [2.75, 3.05) is 25.2 Å². The van der Waals surface area contributed by atoms with E-state index < -0.39 is 37.1 Å². The summed E-state index contributed by atoms with van der Waals surface area (Å²) in [7, 11) is -5.84. The smallest absolute Gasteiger partial charge is 0.324 e. The zero-order valence-electron chi connectivity index (χ0n) is 11.3. The fourth-order valence-electron chi connectivity index (χ4n) is 2.77. The van der Waals surface area contributed by atoms with Gasteiger partial charge in [-0.15, -0.1) is 0 Å². The minimum absolute atomic E-state index is 0.104. The van der Waals surface area contributed by atoms with Crippen LogP contribution in [-0.2, 0) is 29.4 Å². The van der Waals surface area contributed by atoms with Gasteiger partial charge in [0.25, 0.3) is 0 Å². The Morgan fingerprint density at radius 1 is 1.25 bits per heavy atom. The van der Waals surface area contributed by atoms with Crippen molar-refractivity contribution < 1.29 is 26.4 Å². The number of rotatable bonds is 3. The number of ether oxygens (including phenoxy) is 1. The number of methoxy groups -OCH3 is 1. The van der Waals surface area contributed by atoms with E-state index in [0.29, 0.717) is 12.8 Å². The highest BCUT2D eigenvalue weighted by atomic mass is 32.2. The molecule has 2 rings (SSSR count). The van der Waals surface area contributed by atoms with Crippen LogP contribution in [0.5, 0.6) is 0 Å². The molecule has 116 valence electrons. The molecule has 2 atom stereocenters. The normalized spacial score (nSPS) is 31.1. The average Bonchev–Trinajstić information content (AvgIpc) is 2.79. The van der Waals surface area contributed by atoms with Gasteiger partial charge in [-0.3, -0.25) is 4.79 Å². The van der Waals surface area contributed by atoms with Crippen LogP contribution in [0.15, 0.2) is 0 Å². The third-order valence-electron chi connectivity index (χ3n) is 3.87. The van der Waals surface area contributed by atoms with Crippen molar-refractivity contribution in [3.8, 4) is 0 Å². The Kier molecular flexibility index (Phi) is 4.41. The van der Waals surface area contributed by atoms with Crippen LogP contribution in [0.3, 0.4) is 0 Å². The minimum atomic E-state index is -3.78. The fraction of sp³-hybridized carbons (Fsp3) is 0.909. The highest BCUT2D eigenvalue weighted by molar-refractivity contribution is 7.95. The van der Waals surface area contributed by atoms with E-state index in [-0.39, 0.29) is 24.5 Å². The molecular weight excluding hydrogens is 306 g/mol. The second-order valence-electron chi connectivity index (χ2n) is 5.22. The summed E-state index contributed by atoms with van der Waals surface area (Å²) in [6.45, 7) is 0.249. The molecule has 2 saturated heterocycles. The number of sulfonamides is 1. The Balaban J connectivity index is 2.25. The van der Waals surface area contributed by atoms with Crippen molar-refractivity contribution in [2.24, 2.45) is 0 Å². The summed E-state index contributed by atoms with van der Waals surface area (Å²) in [5.74, 6) is -1.03. The first-order valence-electron chi connectivity index (χ1n) is 6.57. The first-order valence-corrected chi connectivity index (χ1v) is 9.89. The number of nitrogens with zero attached hydrogens (tertiary/aromatic N) is 1. The van der Waals surface area contributed by atoms with Crippen LogP contribution in [0.2, 0.25) is 0 Å². The monoisotopic (exact) mass is 325 g/mol. The summed E-state index contributed by atoms with van der Waals surface area (Å²) in [6, 6.07) is -0.818. The highest BCUT2D eigenvalue weighted by Gasteiger charge is 2.45. The molecule has 0 bridgehead atoms. The summed E-state index contributed by atoms with van der Waals surface area (Å²) in [4.78, 5) is 11.7. The molecule has 2 aliphatic rings. The molecule has 0 spiro atoms. The Hall–Kier alpha value is -0.670. The molecule has 2 fully saturated rings. The topological polar surface area (TPSA) is 97.8 Å². The molecule has 0 radical (unpaired) electrons. The second kappa shape index (κ2) is 5.61. The molecule has 0 aromatic carbocycles. The number of piperidine rings is 1. The second-order valence-corrected chi connectivity index (χ2v) is 9.61. The third-order valence-corrected chi connectivity index (χ3v) is 8.18. The molecule has 9 heteroatoms. The summed E-state index contributed by atoms with van der Waals surface area (Å²) in [5, 5.41) is -0.933. The van der Waals surface area contributed by atoms with E-state index in [1.165, 1.54) is 7.11 Å². The molecule has 20 heavy (non-hydrogen) atoms. The van der Waals surface area contributed by atoms with Gasteiger partial charge in [0.1, 0.15) is 6.04 Å². The van der Waals surface area contributed by atoms with E-state index >= 15 is 0 Å². The van der Waals surface area contributed by atoms with Crippen LogP contribution in [0.25, 0.3) is 0 Å². The predicted octanol–water partition coefficient (Wildman–Crippen LogP) is -0.469. The van der Waals surface area contributed by atoms with E-state index in [2.05, 4.69) is 4.74 Å². The minimum Gasteiger partial charge on any atom is -0.468 e. The van der Waals surface area contributed by atoms with Crippen molar-refractivity contribution in [3.63, 3.8) is 0 Å². The van der Waals surface area contributed by atoms with Crippen LogP contribution in [-0.4, -0.2) is 63.6 Å². The summed E-state index contributed by atoms with van der Waals surface area (Å²) < 4.78 is 53.9. The molecule has 0 amide bonds.